The van der Waals surface area contributed by atoms with Crippen molar-refractivity contribution in [3.63, 3.8) is 0 Å². The zero-order valence-corrected chi connectivity index (χ0v) is 8.23. The molecule has 0 bridgehead atoms. The van der Waals surface area contributed by atoms with Crippen LogP contribution in [0, 0.1) is 18.3 Å². The van der Waals surface area contributed by atoms with E-state index in [1.165, 1.54) is 0 Å². The maximum absolute atomic E-state index is 8.46. The lowest BCUT2D eigenvalue weighted by atomic mass is 10.2. The number of rotatable bonds is 4. The molecule has 0 aliphatic rings. The number of nitrogens with two attached hydrogens (primary N) is 1. The Morgan fingerprint density at radius 2 is 2.21 bits per heavy atom. The van der Waals surface area contributed by atoms with Crippen molar-refractivity contribution in [2.45, 2.75) is 19.4 Å². The minimum atomic E-state index is -0.431. The summed E-state index contributed by atoms with van der Waals surface area (Å²) in [6.45, 7) is 2.47. The van der Waals surface area contributed by atoms with Crippen LogP contribution in [0.4, 0.5) is 0 Å². The van der Waals surface area contributed by atoms with Crippen LogP contribution in [0.2, 0.25) is 0 Å². The van der Waals surface area contributed by atoms with Gasteiger partial charge in [0.2, 0.25) is 0 Å². The van der Waals surface area contributed by atoms with Crippen LogP contribution in [0.3, 0.4) is 0 Å². The maximum atomic E-state index is 8.46. The summed E-state index contributed by atoms with van der Waals surface area (Å²) in [7, 11) is 0. The predicted molar refractivity (Wildman–Crippen MR) is 54.9 cm³/mol. The van der Waals surface area contributed by atoms with Crippen molar-refractivity contribution in [1.82, 2.24) is 0 Å². The molecule has 74 valence electrons. The monoisotopic (exact) mass is 190 g/mol. The van der Waals surface area contributed by atoms with E-state index in [1.807, 2.05) is 37.3 Å². The standard InChI is InChI=1S/C11H14N2O/c1-9-4-2-3-5-11(9)14-7-6-10(13)8-12/h2-5,10H,6-7,13H2,1H3. The lowest BCUT2D eigenvalue weighted by Crippen LogP contribution is -2.20. The van der Waals surface area contributed by atoms with E-state index >= 15 is 0 Å². The molecule has 0 amide bonds. The smallest absolute Gasteiger partial charge is 0.122 e. The van der Waals surface area contributed by atoms with E-state index in [-0.39, 0.29) is 0 Å². The Morgan fingerprint density at radius 3 is 2.86 bits per heavy atom. The minimum Gasteiger partial charge on any atom is -0.493 e. The normalized spacial score (nSPS) is 11.8. The fourth-order valence-corrected chi connectivity index (χ4v) is 1.08. The topological polar surface area (TPSA) is 59.0 Å². The zero-order chi connectivity index (χ0) is 10.4. The van der Waals surface area contributed by atoms with E-state index in [0.29, 0.717) is 13.0 Å². The van der Waals surface area contributed by atoms with Crippen LogP contribution in [0.5, 0.6) is 5.75 Å². The van der Waals surface area contributed by atoms with Gasteiger partial charge in [0.15, 0.2) is 0 Å². The summed E-state index contributed by atoms with van der Waals surface area (Å²) in [5.41, 5.74) is 6.53. The quantitative estimate of drug-likeness (QED) is 0.784. The summed E-state index contributed by atoms with van der Waals surface area (Å²) >= 11 is 0. The second kappa shape index (κ2) is 5.25. The van der Waals surface area contributed by atoms with Crippen molar-refractivity contribution < 1.29 is 4.74 Å². The van der Waals surface area contributed by atoms with Crippen molar-refractivity contribution in [2.24, 2.45) is 5.73 Å². The van der Waals surface area contributed by atoms with Gasteiger partial charge in [-0.2, -0.15) is 5.26 Å². The number of para-hydroxylation sites is 1. The lowest BCUT2D eigenvalue weighted by Gasteiger charge is -2.08. The predicted octanol–water partition coefficient (Wildman–Crippen LogP) is 1.61. The highest BCUT2D eigenvalue weighted by Crippen LogP contribution is 2.16. The molecule has 1 aromatic carbocycles. The molecule has 1 unspecified atom stereocenters. The van der Waals surface area contributed by atoms with Crippen LogP contribution >= 0.6 is 0 Å². The average Bonchev–Trinajstić information content (AvgIpc) is 2.20. The summed E-state index contributed by atoms with van der Waals surface area (Å²) in [4.78, 5) is 0. The van der Waals surface area contributed by atoms with Gasteiger partial charge in [0, 0.05) is 6.42 Å². The van der Waals surface area contributed by atoms with Crippen molar-refractivity contribution >= 4 is 0 Å². The molecule has 1 aromatic rings. The number of hydrogen-bond acceptors (Lipinski definition) is 3. The molecule has 0 saturated heterocycles. The van der Waals surface area contributed by atoms with Gasteiger partial charge < -0.3 is 10.5 Å². The van der Waals surface area contributed by atoms with E-state index < -0.39 is 6.04 Å². The van der Waals surface area contributed by atoms with Gasteiger partial charge >= 0.3 is 0 Å². The van der Waals surface area contributed by atoms with Crippen LogP contribution in [0.15, 0.2) is 24.3 Å². The summed E-state index contributed by atoms with van der Waals surface area (Å²) in [6, 6.07) is 9.31. The number of aryl methyl sites for hydroxylation is 1. The number of nitriles is 1. The third kappa shape index (κ3) is 3.08. The van der Waals surface area contributed by atoms with Crippen LogP contribution in [-0.2, 0) is 0 Å². The first-order valence-corrected chi connectivity index (χ1v) is 4.57. The van der Waals surface area contributed by atoms with Crippen LogP contribution < -0.4 is 10.5 Å². The Balaban J connectivity index is 2.40. The van der Waals surface area contributed by atoms with E-state index in [0.717, 1.165) is 11.3 Å². The molecule has 14 heavy (non-hydrogen) atoms. The molecular formula is C11H14N2O. The third-order valence-electron chi connectivity index (χ3n) is 1.95. The van der Waals surface area contributed by atoms with Gasteiger partial charge in [-0.3, -0.25) is 0 Å². The Labute approximate surface area is 84.1 Å². The van der Waals surface area contributed by atoms with Crippen molar-refractivity contribution in [3.05, 3.63) is 29.8 Å². The van der Waals surface area contributed by atoms with E-state index in [4.69, 9.17) is 15.7 Å². The van der Waals surface area contributed by atoms with Gasteiger partial charge in [-0.15, -0.1) is 0 Å². The molecule has 0 aliphatic heterocycles. The SMILES string of the molecule is Cc1ccccc1OCCC(N)C#N. The Hall–Kier alpha value is -1.53. The van der Waals surface area contributed by atoms with Gasteiger partial charge in [0.05, 0.1) is 18.7 Å². The van der Waals surface area contributed by atoms with Crippen LogP contribution in [0.25, 0.3) is 0 Å². The first kappa shape index (κ1) is 10.6. The molecule has 0 radical (unpaired) electrons. The molecule has 0 saturated carbocycles. The first-order valence-electron chi connectivity index (χ1n) is 4.57. The minimum absolute atomic E-state index is 0.431. The van der Waals surface area contributed by atoms with Gasteiger partial charge in [-0.05, 0) is 18.6 Å². The number of benzene rings is 1. The second-order valence-electron chi connectivity index (χ2n) is 3.14. The summed E-state index contributed by atoms with van der Waals surface area (Å²) in [6.07, 6.45) is 0.560. The van der Waals surface area contributed by atoms with Gasteiger partial charge in [0.25, 0.3) is 0 Å². The molecular weight excluding hydrogens is 176 g/mol. The third-order valence-corrected chi connectivity index (χ3v) is 1.95. The fraction of sp³-hybridized carbons (Fsp3) is 0.364. The molecule has 1 rings (SSSR count). The summed E-state index contributed by atoms with van der Waals surface area (Å²) < 4.78 is 5.48. The molecule has 1 atom stereocenters. The molecule has 3 heteroatoms. The molecule has 2 N–H and O–H groups in total. The van der Waals surface area contributed by atoms with E-state index in [2.05, 4.69) is 0 Å². The van der Waals surface area contributed by atoms with Crippen molar-refractivity contribution in [2.75, 3.05) is 6.61 Å². The molecule has 0 fully saturated rings. The molecule has 0 heterocycles. The Kier molecular flexibility index (Phi) is 3.96. The average molecular weight is 190 g/mol. The van der Waals surface area contributed by atoms with E-state index in [9.17, 15) is 0 Å². The highest BCUT2D eigenvalue weighted by molar-refractivity contribution is 5.31. The Morgan fingerprint density at radius 1 is 1.50 bits per heavy atom. The number of ether oxygens (including phenoxy) is 1. The molecule has 0 aliphatic carbocycles. The summed E-state index contributed by atoms with van der Waals surface area (Å²) in [5.74, 6) is 0.859. The highest BCUT2D eigenvalue weighted by atomic mass is 16.5. The van der Waals surface area contributed by atoms with Crippen LogP contribution in [0.1, 0.15) is 12.0 Å². The first-order chi connectivity index (χ1) is 6.74. The van der Waals surface area contributed by atoms with Crippen molar-refractivity contribution in [1.29, 1.82) is 5.26 Å². The largest absolute Gasteiger partial charge is 0.493 e. The zero-order valence-electron chi connectivity index (χ0n) is 8.23. The second-order valence-corrected chi connectivity index (χ2v) is 3.14. The molecule has 0 aromatic heterocycles. The Bertz CT molecular complexity index is 330. The van der Waals surface area contributed by atoms with Gasteiger partial charge in [0.1, 0.15) is 5.75 Å². The highest BCUT2D eigenvalue weighted by Gasteiger charge is 2.01. The van der Waals surface area contributed by atoms with Gasteiger partial charge in [-0.1, -0.05) is 18.2 Å². The number of hydrogen-bond donors (Lipinski definition) is 1. The fourth-order valence-electron chi connectivity index (χ4n) is 1.08. The molecule has 3 nitrogen and oxygen atoms in total. The lowest BCUT2D eigenvalue weighted by molar-refractivity contribution is 0.304. The van der Waals surface area contributed by atoms with E-state index in [1.54, 1.807) is 0 Å². The van der Waals surface area contributed by atoms with Crippen LogP contribution in [-0.4, -0.2) is 12.6 Å². The maximum Gasteiger partial charge on any atom is 0.122 e. The number of nitrogens with zero attached hydrogens (tertiary/aromatic N) is 1. The van der Waals surface area contributed by atoms with Gasteiger partial charge in [-0.25, -0.2) is 0 Å². The van der Waals surface area contributed by atoms with Crippen molar-refractivity contribution in [3.8, 4) is 11.8 Å². The molecule has 0 spiro atoms. The summed E-state index contributed by atoms with van der Waals surface area (Å²) in [5, 5.41) is 8.46.